The summed E-state index contributed by atoms with van der Waals surface area (Å²) in [6.45, 7) is 8.87. The van der Waals surface area contributed by atoms with Gasteiger partial charge in [0.25, 0.3) is 0 Å². The molecule has 40 heavy (non-hydrogen) atoms. The molecule has 1 aromatic carbocycles. The Labute approximate surface area is 234 Å². The Hall–Kier alpha value is -3.48. The molecule has 2 unspecified atom stereocenters. The monoisotopic (exact) mass is 552 g/mol. The number of carbonyl (C=O) groups excluding carboxylic acids is 2. The van der Waals surface area contributed by atoms with Crippen LogP contribution in [-0.2, 0) is 11.2 Å². The van der Waals surface area contributed by atoms with Crippen LogP contribution in [-0.4, -0.2) is 101 Å². The molecule has 2 aromatic rings. The molecule has 1 aliphatic carbocycles. The Morgan fingerprint density at radius 3 is 2.38 bits per heavy atom. The summed E-state index contributed by atoms with van der Waals surface area (Å²) in [4.78, 5) is 47.8. The van der Waals surface area contributed by atoms with E-state index in [1.165, 1.54) is 4.57 Å². The highest BCUT2D eigenvalue weighted by Gasteiger charge is 2.54. The third kappa shape index (κ3) is 5.84. The Kier molecular flexibility index (Phi) is 7.85. The molecule has 5 N–H and O–H groups in total. The Morgan fingerprint density at radius 2 is 1.77 bits per heavy atom. The number of benzene rings is 1. The van der Waals surface area contributed by atoms with Crippen molar-refractivity contribution in [2.24, 2.45) is 29.2 Å². The van der Waals surface area contributed by atoms with Crippen LogP contribution >= 0.6 is 0 Å². The third-order valence-corrected chi connectivity index (χ3v) is 8.41. The van der Waals surface area contributed by atoms with Gasteiger partial charge in [0.2, 0.25) is 5.91 Å². The van der Waals surface area contributed by atoms with Gasteiger partial charge < -0.3 is 30.9 Å². The lowest BCUT2D eigenvalue weighted by molar-refractivity contribution is -0.137. The Balaban J connectivity index is 1.17. The fraction of sp³-hybridized carbons (Fsp3) is 0.571. The number of aromatic nitrogens is 2. The van der Waals surface area contributed by atoms with E-state index in [-0.39, 0.29) is 17.8 Å². The molecule has 3 fully saturated rings. The van der Waals surface area contributed by atoms with Crippen LogP contribution in [0.15, 0.2) is 35.3 Å². The normalized spacial score (nSPS) is 22.7. The molecule has 0 bridgehead atoms. The van der Waals surface area contributed by atoms with E-state index < -0.39 is 11.2 Å². The molecular formula is C28H40N8O4. The summed E-state index contributed by atoms with van der Waals surface area (Å²) in [6.07, 6.45) is 2.45. The van der Waals surface area contributed by atoms with Crippen molar-refractivity contribution in [2.75, 3.05) is 64.8 Å². The molecule has 216 valence electrons. The predicted molar refractivity (Wildman–Crippen MR) is 151 cm³/mol. The molecule has 1 saturated carbocycles. The first kappa shape index (κ1) is 28.1. The van der Waals surface area contributed by atoms with Crippen LogP contribution in [0.25, 0.3) is 5.69 Å². The molecule has 3 amide bonds. The Morgan fingerprint density at radius 1 is 1.10 bits per heavy atom. The summed E-state index contributed by atoms with van der Waals surface area (Å²) in [5.74, 6) is 3.00. The number of piperazine rings is 1. The van der Waals surface area contributed by atoms with Crippen molar-refractivity contribution in [3.8, 4) is 11.4 Å². The summed E-state index contributed by atoms with van der Waals surface area (Å²) < 4.78 is 7.06. The summed E-state index contributed by atoms with van der Waals surface area (Å²) >= 11 is 0. The number of nitrogens with zero attached hydrogens (tertiary/aromatic N) is 5. The van der Waals surface area contributed by atoms with Gasteiger partial charge in [0, 0.05) is 58.1 Å². The van der Waals surface area contributed by atoms with Gasteiger partial charge in [0.15, 0.2) is 0 Å². The zero-order chi connectivity index (χ0) is 28.6. The number of amides is 3. The van der Waals surface area contributed by atoms with Crippen molar-refractivity contribution in [1.82, 2.24) is 24.3 Å². The first-order valence-corrected chi connectivity index (χ1v) is 13.9. The number of fused-ring (bicyclic) bond motifs is 1. The zero-order valence-electron chi connectivity index (χ0n) is 23.5. The average Bonchev–Trinajstić information content (AvgIpc) is 3.42. The van der Waals surface area contributed by atoms with E-state index >= 15 is 0 Å². The van der Waals surface area contributed by atoms with Crippen molar-refractivity contribution in [2.45, 2.75) is 25.8 Å². The number of likely N-dealkylation sites (tertiary alicyclic amines) is 1. The number of methoxy groups -OCH3 is 1. The number of rotatable bonds is 8. The quantitative estimate of drug-likeness (QED) is 0.424. The molecule has 3 aliphatic rings. The summed E-state index contributed by atoms with van der Waals surface area (Å²) in [5, 5.41) is 2.69. The number of carbonyl (C=O) groups is 2. The van der Waals surface area contributed by atoms with Crippen molar-refractivity contribution in [3.05, 3.63) is 46.5 Å². The third-order valence-electron chi connectivity index (χ3n) is 8.41. The predicted octanol–water partition coefficient (Wildman–Crippen LogP) is 0.334. The second kappa shape index (κ2) is 11.2. The van der Waals surface area contributed by atoms with Gasteiger partial charge in [0.05, 0.1) is 18.3 Å². The highest BCUT2D eigenvalue weighted by Crippen LogP contribution is 2.50. The Bertz CT molecular complexity index is 1300. The fourth-order valence-electron chi connectivity index (χ4n) is 6.02. The first-order chi connectivity index (χ1) is 19.1. The SMILES string of the molecule is COc1cc(-n2ccc(NC(=O)N3CCN(C(=O)C(C)(C)N)CC3)nc2=O)ccc1CCN1CC2C(CN)C2C1. The lowest BCUT2D eigenvalue weighted by Gasteiger charge is -2.37. The van der Waals surface area contributed by atoms with Crippen molar-refractivity contribution in [1.29, 1.82) is 0 Å². The molecule has 12 heteroatoms. The zero-order valence-corrected chi connectivity index (χ0v) is 23.5. The number of piperidine rings is 1. The average molecular weight is 553 g/mol. The molecular weight excluding hydrogens is 512 g/mol. The minimum Gasteiger partial charge on any atom is -0.496 e. The van der Waals surface area contributed by atoms with Gasteiger partial charge in [0.1, 0.15) is 11.6 Å². The van der Waals surface area contributed by atoms with Gasteiger partial charge in [-0.15, -0.1) is 0 Å². The lowest BCUT2D eigenvalue weighted by atomic mass is 10.1. The molecule has 2 aliphatic heterocycles. The summed E-state index contributed by atoms with van der Waals surface area (Å²) in [6, 6.07) is 6.93. The highest BCUT2D eigenvalue weighted by molar-refractivity contribution is 5.89. The lowest BCUT2D eigenvalue weighted by Crippen LogP contribution is -2.58. The van der Waals surface area contributed by atoms with E-state index in [4.69, 9.17) is 16.2 Å². The van der Waals surface area contributed by atoms with Gasteiger partial charge >= 0.3 is 11.7 Å². The van der Waals surface area contributed by atoms with Crippen molar-refractivity contribution >= 4 is 17.8 Å². The largest absolute Gasteiger partial charge is 0.496 e. The van der Waals surface area contributed by atoms with E-state index in [9.17, 15) is 14.4 Å². The molecule has 12 nitrogen and oxygen atoms in total. The molecule has 3 heterocycles. The van der Waals surface area contributed by atoms with E-state index in [0.717, 1.165) is 55.7 Å². The van der Waals surface area contributed by atoms with Crippen molar-refractivity contribution < 1.29 is 14.3 Å². The molecule has 2 saturated heterocycles. The second-order valence-corrected chi connectivity index (χ2v) is 11.6. The maximum atomic E-state index is 12.9. The van der Waals surface area contributed by atoms with Gasteiger partial charge in [-0.05, 0) is 62.3 Å². The van der Waals surface area contributed by atoms with Crippen LogP contribution in [0, 0.1) is 17.8 Å². The standard InChI is InChI=1S/C28H40N8O4/c1-28(2,30)25(37)34-10-12-35(13-11-34)26(38)31-24-7-9-36(27(39)32-24)19-5-4-18(23(14-19)40-3)6-8-33-16-21-20(15-29)22(21)17-33/h4-5,7,9,14,20-22H,6,8,10-13,15-17,29-30H2,1-3H3,(H,31,32,38,39). The van der Waals surface area contributed by atoms with Crippen LogP contribution in [0.4, 0.5) is 10.6 Å². The van der Waals surface area contributed by atoms with Crippen LogP contribution in [0.1, 0.15) is 19.4 Å². The molecule has 2 atom stereocenters. The van der Waals surface area contributed by atoms with Crippen LogP contribution in [0.3, 0.4) is 0 Å². The molecule has 1 aromatic heterocycles. The van der Waals surface area contributed by atoms with E-state index in [0.29, 0.717) is 37.8 Å². The molecule has 0 radical (unpaired) electrons. The van der Waals surface area contributed by atoms with Gasteiger partial charge in [-0.1, -0.05) is 6.07 Å². The minimum atomic E-state index is -0.953. The first-order valence-electron chi connectivity index (χ1n) is 13.9. The number of anilines is 1. The number of nitrogens with one attached hydrogen (secondary N) is 1. The smallest absolute Gasteiger partial charge is 0.354 e. The number of urea groups is 1. The van der Waals surface area contributed by atoms with Crippen LogP contribution < -0.4 is 27.2 Å². The fourth-order valence-corrected chi connectivity index (χ4v) is 6.02. The number of ether oxygens (including phenoxy) is 1. The summed E-state index contributed by atoms with van der Waals surface area (Å²) in [5.41, 5.74) is 12.0. The van der Waals surface area contributed by atoms with Crippen molar-refractivity contribution in [3.63, 3.8) is 0 Å². The summed E-state index contributed by atoms with van der Waals surface area (Å²) in [7, 11) is 1.63. The topological polar surface area (TPSA) is 152 Å². The van der Waals surface area contributed by atoms with E-state index in [1.54, 1.807) is 43.0 Å². The second-order valence-electron chi connectivity index (χ2n) is 11.6. The van der Waals surface area contributed by atoms with Gasteiger partial charge in [-0.25, -0.2) is 9.59 Å². The van der Waals surface area contributed by atoms with E-state index in [1.807, 2.05) is 18.2 Å². The highest BCUT2D eigenvalue weighted by atomic mass is 16.5. The van der Waals surface area contributed by atoms with Crippen LogP contribution in [0.2, 0.25) is 0 Å². The minimum absolute atomic E-state index is 0.147. The maximum Gasteiger partial charge on any atom is 0.354 e. The molecule has 5 rings (SSSR count). The van der Waals surface area contributed by atoms with Gasteiger partial charge in [-0.3, -0.25) is 14.7 Å². The van der Waals surface area contributed by atoms with E-state index in [2.05, 4.69) is 15.2 Å². The number of hydrogen-bond donors (Lipinski definition) is 3. The molecule has 0 spiro atoms. The number of hydrogen-bond acceptors (Lipinski definition) is 8. The van der Waals surface area contributed by atoms with Gasteiger partial charge in [-0.2, -0.15) is 4.98 Å². The van der Waals surface area contributed by atoms with Crippen LogP contribution in [0.5, 0.6) is 5.75 Å². The number of nitrogens with two attached hydrogens (primary N) is 2. The maximum absolute atomic E-state index is 12.9.